The predicted octanol–water partition coefficient (Wildman–Crippen LogP) is 4.31. The molecule has 0 saturated heterocycles. The molecule has 2 atom stereocenters. The third kappa shape index (κ3) is 3.93. The van der Waals surface area contributed by atoms with Crippen LogP contribution in [0.3, 0.4) is 0 Å². The van der Waals surface area contributed by atoms with E-state index in [1.165, 1.54) is 25.6 Å². The number of carbonyl (C=O) groups is 3. The second-order valence-corrected chi connectivity index (χ2v) is 9.67. The summed E-state index contributed by atoms with van der Waals surface area (Å²) < 4.78 is 6.75. The van der Waals surface area contributed by atoms with E-state index in [4.69, 9.17) is 4.74 Å². The van der Waals surface area contributed by atoms with Gasteiger partial charge in [0.15, 0.2) is 23.1 Å². The maximum absolute atomic E-state index is 13.2. The van der Waals surface area contributed by atoms with E-state index in [2.05, 4.69) is 42.3 Å². The summed E-state index contributed by atoms with van der Waals surface area (Å²) in [5.41, 5.74) is 1.74. The molecule has 0 aromatic heterocycles. The van der Waals surface area contributed by atoms with E-state index >= 15 is 0 Å². The molecule has 2 amide bonds. The first-order valence-corrected chi connectivity index (χ1v) is 12.3. The number of para-hydroxylation sites is 1. The molecule has 4 rings (SSSR count). The Morgan fingerprint density at radius 1 is 1.16 bits per heavy atom. The lowest BCUT2D eigenvalue weighted by atomic mass is 9.95. The summed E-state index contributed by atoms with van der Waals surface area (Å²) in [4.78, 5) is 39.6. The molecule has 2 aliphatic heterocycles. The first-order chi connectivity index (χ1) is 15.2. The SMILES string of the molecule is CSC1=NN2[C@H](C(=O)N1)c1ccccc1N(C(C)=O)[C@@H]2c1cc(Br)cc(Br)c1OC(C)=O. The predicted molar refractivity (Wildman–Crippen MR) is 129 cm³/mol. The molecule has 0 saturated carbocycles. The molecule has 0 bridgehead atoms. The summed E-state index contributed by atoms with van der Waals surface area (Å²) in [5, 5.41) is 9.47. The highest BCUT2D eigenvalue weighted by molar-refractivity contribution is 9.11. The summed E-state index contributed by atoms with van der Waals surface area (Å²) in [7, 11) is 0. The van der Waals surface area contributed by atoms with Crippen LogP contribution in [-0.4, -0.2) is 34.2 Å². The summed E-state index contributed by atoms with van der Waals surface area (Å²) in [6.07, 6.45) is 0.957. The molecular weight excluding hydrogens is 564 g/mol. The Labute approximate surface area is 205 Å². The summed E-state index contributed by atoms with van der Waals surface area (Å²) in [5.74, 6) is -0.770. The first-order valence-electron chi connectivity index (χ1n) is 9.50. The van der Waals surface area contributed by atoms with Crippen LogP contribution in [0.1, 0.15) is 37.2 Å². The van der Waals surface area contributed by atoms with E-state index in [1.807, 2.05) is 18.2 Å². The van der Waals surface area contributed by atoms with Gasteiger partial charge in [-0.3, -0.25) is 24.3 Å². The van der Waals surface area contributed by atoms with E-state index in [9.17, 15) is 14.4 Å². The molecule has 2 aromatic carbocycles. The van der Waals surface area contributed by atoms with Crippen LogP contribution >= 0.6 is 43.6 Å². The van der Waals surface area contributed by atoms with Gasteiger partial charge in [-0.05, 0) is 40.4 Å². The minimum absolute atomic E-state index is 0.252. The number of halogens is 2. The number of amidine groups is 1. The Balaban J connectivity index is 2.05. The van der Waals surface area contributed by atoms with Gasteiger partial charge in [-0.15, -0.1) is 5.10 Å². The summed E-state index contributed by atoms with van der Waals surface area (Å²) in [6.45, 7) is 2.75. The van der Waals surface area contributed by atoms with Crippen molar-refractivity contribution in [1.29, 1.82) is 0 Å². The number of thioether (sulfide) groups is 1. The fourth-order valence-corrected chi connectivity index (χ4v) is 5.61. The number of hydrazone groups is 1. The minimum Gasteiger partial charge on any atom is -0.425 e. The average molecular weight is 582 g/mol. The van der Waals surface area contributed by atoms with Crippen LogP contribution in [0, 0.1) is 0 Å². The Kier molecular flexibility index (Phi) is 6.33. The summed E-state index contributed by atoms with van der Waals surface area (Å²) >= 11 is 8.22. The fraction of sp³-hybridized carbons (Fsp3) is 0.238. The lowest BCUT2D eigenvalue weighted by Gasteiger charge is -2.48. The second kappa shape index (κ2) is 8.87. The van der Waals surface area contributed by atoms with Gasteiger partial charge >= 0.3 is 5.97 Å². The summed E-state index contributed by atoms with van der Waals surface area (Å²) in [6, 6.07) is 9.95. The highest BCUT2D eigenvalue weighted by Crippen LogP contribution is 2.50. The zero-order valence-electron chi connectivity index (χ0n) is 17.3. The van der Waals surface area contributed by atoms with Gasteiger partial charge in [0.2, 0.25) is 5.91 Å². The maximum Gasteiger partial charge on any atom is 0.308 e. The molecule has 11 heteroatoms. The van der Waals surface area contributed by atoms with Crippen molar-refractivity contribution in [3.8, 4) is 5.75 Å². The van der Waals surface area contributed by atoms with Gasteiger partial charge in [-0.25, -0.2) is 0 Å². The topological polar surface area (TPSA) is 91.3 Å². The fourth-order valence-electron chi connectivity index (χ4n) is 3.89. The first kappa shape index (κ1) is 22.8. The van der Waals surface area contributed by atoms with Crippen LogP contribution in [0.4, 0.5) is 5.69 Å². The van der Waals surface area contributed by atoms with Crippen molar-refractivity contribution in [2.24, 2.45) is 5.10 Å². The standard InChI is InChI=1S/C21H18Br2N4O4S/c1-10(28)26-16-7-5-4-6-13(16)17-19(30)24-21(32-3)25-27(17)20(26)14-8-12(22)9-15(23)18(14)31-11(2)29/h4-9,17,20H,1-3H3,(H,24,25,30)/t17-,20-/m0/s1. The molecule has 0 unspecified atom stereocenters. The number of nitrogens with one attached hydrogen (secondary N) is 1. The number of ether oxygens (including phenoxy) is 1. The normalized spacial score (nSPS) is 19.5. The van der Waals surface area contributed by atoms with Gasteiger partial charge in [0, 0.05) is 29.4 Å². The molecule has 0 aliphatic carbocycles. The van der Waals surface area contributed by atoms with Crippen molar-refractivity contribution in [2.75, 3.05) is 11.2 Å². The van der Waals surface area contributed by atoms with Gasteiger partial charge in [-0.1, -0.05) is 45.9 Å². The van der Waals surface area contributed by atoms with Crippen LogP contribution in [0.15, 0.2) is 50.4 Å². The Bertz CT molecular complexity index is 1170. The highest BCUT2D eigenvalue weighted by atomic mass is 79.9. The molecule has 0 radical (unpaired) electrons. The Hall–Kier alpha value is -2.37. The molecule has 2 aliphatic rings. The zero-order chi connectivity index (χ0) is 23.2. The second-order valence-electron chi connectivity index (χ2n) is 7.10. The van der Waals surface area contributed by atoms with E-state index < -0.39 is 18.2 Å². The number of amides is 2. The van der Waals surface area contributed by atoms with Gasteiger partial charge in [0.1, 0.15) is 0 Å². The molecule has 8 nitrogen and oxygen atoms in total. The van der Waals surface area contributed by atoms with E-state index in [0.29, 0.717) is 30.9 Å². The van der Waals surface area contributed by atoms with Crippen molar-refractivity contribution in [3.63, 3.8) is 0 Å². The van der Waals surface area contributed by atoms with Crippen LogP contribution in [-0.2, 0) is 14.4 Å². The van der Waals surface area contributed by atoms with Crippen LogP contribution in [0.25, 0.3) is 0 Å². The van der Waals surface area contributed by atoms with Crippen molar-refractivity contribution in [3.05, 3.63) is 56.5 Å². The van der Waals surface area contributed by atoms with Crippen LogP contribution in [0.5, 0.6) is 5.75 Å². The maximum atomic E-state index is 13.2. The minimum atomic E-state index is -0.844. The van der Waals surface area contributed by atoms with E-state index in [0.717, 1.165) is 0 Å². The molecule has 2 heterocycles. The number of hydrogen-bond donors (Lipinski definition) is 1. The van der Waals surface area contributed by atoms with Crippen molar-refractivity contribution in [1.82, 2.24) is 10.3 Å². The monoisotopic (exact) mass is 580 g/mol. The number of anilines is 1. The van der Waals surface area contributed by atoms with Crippen molar-refractivity contribution in [2.45, 2.75) is 26.1 Å². The lowest BCUT2D eigenvalue weighted by Crippen LogP contribution is -2.55. The van der Waals surface area contributed by atoms with Gasteiger partial charge in [0.25, 0.3) is 5.91 Å². The Morgan fingerprint density at radius 3 is 2.53 bits per heavy atom. The Morgan fingerprint density at radius 2 is 1.88 bits per heavy atom. The number of carbonyl (C=O) groups excluding carboxylic acids is 3. The lowest BCUT2D eigenvalue weighted by molar-refractivity contribution is -0.132. The van der Waals surface area contributed by atoms with Crippen LogP contribution < -0.4 is 15.0 Å². The number of nitrogens with zero attached hydrogens (tertiary/aromatic N) is 3. The number of hydrogen-bond acceptors (Lipinski definition) is 7. The van der Waals surface area contributed by atoms with E-state index in [1.54, 1.807) is 34.4 Å². The number of fused-ring (bicyclic) bond motifs is 3. The molecule has 32 heavy (non-hydrogen) atoms. The third-order valence-electron chi connectivity index (χ3n) is 5.03. The number of benzene rings is 2. The quantitative estimate of drug-likeness (QED) is 0.420. The number of rotatable bonds is 2. The molecule has 2 aromatic rings. The molecule has 1 N–H and O–H groups in total. The van der Waals surface area contributed by atoms with Gasteiger partial charge in [-0.2, -0.15) is 0 Å². The molecular formula is C21H18Br2N4O4S. The molecule has 0 fully saturated rings. The smallest absolute Gasteiger partial charge is 0.308 e. The molecule has 0 spiro atoms. The zero-order valence-corrected chi connectivity index (χ0v) is 21.2. The van der Waals surface area contributed by atoms with Crippen molar-refractivity contribution < 1.29 is 19.1 Å². The largest absolute Gasteiger partial charge is 0.425 e. The van der Waals surface area contributed by atoms with Crippen molar-refractivity contribution >= 4 is 72.3 Å². The van der Waals surface area contributed by atoms with Crippen LogP contribution in [0.2, 0.25) is 0 Å². The third-order valence-corrected chi connectivity index (χ3v) is 6.65. The number of esters is 1. The molecule has 166 valence electrons. The van der Waals surface area contributed by atoms with E-state index in [-0.39, 0.29) is 17.6 Å². The van der Waals surface area contributed by atoms with Gasteiger partial charge in [0.05, 0.1) is 10.2 Å². The average Bonchev–Trinajstić information content (AvgIpc) is 2.73. The van der Waals surface area contributed by atoms with Gasteiger partial charge < -0.3 is 10.1 Å². The highest BCUT2D eigenvalue weighted by Gasteiger charge is 2.47.